The lowest BCUT2D eigenvalue weighted by Crippen LogP contribution is -2.37. The van der Waals surface area contributed by atoms with Gasteiger partial charge in [-0.15, -0.1) is 0 Å². The van der Waals surface area contributed by atoms with Gasteiger partial charge in [0.1, 0.15) is 0 Å². The van der Waals surface area contributed by atoms with Gasteiger partial charge in [-0.25, -0.2) is 0 Å². The number of halogens is 6. The van der Waals surface area contributed by atoms with Gasteiger partial charge in [0.2, 0.25) is 0 Å². The maximum atomic E-state index is 12.7. The molecule has 0 amide bonds. The Bertz CT molecular complexity index is 243. The van der Waals surface area contributed by atoms with E-state index in [1.54, 1.807) is 0 Å². The lowest BCUT2D eigenvalue weighted by molar-refractivity contribution is -0.239. The molecule has 110 valence electrons. The zero-order valence-electron chi connectivity index (χ0n) is 10.3. The molecule has 0 heterocycles. The molecule has 18 heavy (non-hydrogen) atoms. The molecule has 0 aromatic rings. The van der Waals surface area contributed by atoms with Gasteiger partial charge in [-0.3, -0.25) is 0 Å². The molecule has 0 radical (unpaired) electrons. The van der Waals surface area contributed by atoms with Crippen LogP contribution in [0.2, 0.25) is 0 Å². The molecule has 7 heteroatoms. The SMILES string of the molecule is CC(C)(CC(CCCCS)C(F)(F)F)C(F)(F)F. The van der Waals surface area contributed by atoms with Gasteiger partial charge in [0.15, 0.2) is 0 Å². The monoisotopic (exact) mass is 296 g/mol. The Labute approximate surface area is 109 Å². The highest BCUT2D eigenvalue weighted by molar-refractivity contribution is 7.80. The Morgan fingerprint density at radius 1 is 0.944 bits per heavy atom. The normalized spacial score (nSPS) is 15.8. The highest BCUT2D eigenvalue weighted by atomic mass is 32.1. The van der Waals surface area contributed by atoms with Crippen LogP contribution in [-0.4, -0.2) is 18.1 Å². The van der Waals surface area contributed by atoms with Crippen molar-refractivity contribution in [2.24, 2.45) is 11.3 Å². The topological polar surface area (TPSA) is 0 Å². The first-order valence-corrected chi connectivity index (χ1v) is 6.29. The number of thiol groups is 1. The Balaban J connectivity index is 4.70. The van der Waals surface area contributed by atoms with Crippen molar-refractivity contribution in [1.82, 2.24) is 0 Å². The standard InChI is InChI=1S/C11H18F6S/c1-9(2,11(15,16)17)7-8(10(12,13)14)5-3-4-6-18/h8,18H,3-7H2,1-2H3. The van der Waals surface area contributed by atoms with Crippen molar-refractivity contribution >= 4 is 12.6 Å². The third kappa shape index (κ3) is 5.71. The van der Waals surface area contributed by atoms with Crippen molar-refractivity contribution in [2.45, 2.75) is 51.9 Å². The van der Waals surface area contributed by atoms with Crippen LogP contribution in [0, 0.1) is 11.3 Å². The lowest BCUT2D eigenvalue weighted by Gasteiger charge is -2.32. The quantitative estimate of drug-likeness (QED) is 0.386. The summed E-state index contributed by atoms with van der Waals surface area (Å²) >= 11 is 3.87. The van der Waals surface area contributed by atoms with E-state index in [9.17, 15) is 26.3 Å². The molecular formula is C11H18F6S. The van der Waals surface area contributed by atoms with E-state index in [0.717, 1.165) is 13.8 Å². The van der Waals surface area contributed by atoms with Gasteiger partial charge in [-0.1, -0.05) is 20.3 Å². The van der Waals surface area contributed by atoms with Gasteiger partial charge in [0, 0.05) is 0 Å². The van der Waals surface area contributed by atoms with E-state index in [0.29, 0.717) is 12.2 Å². The van der Waals surface area contributed by atoms with E-state index in [4.69, 9.17) is 0 Å². The van der Waals surface area contributed by atoms with E-state index in [1.807, 2.05) is 0 Å². The summed E-state index contributed by atoms with van der Waals surface area (Å²) in [5.41, 5.74) is -2.33. The molecule has 0 nitrogen and oxygen atoms in total. The summed E-state index contributed by atoms with van der Waals surface area (Å²) < 4.78 is 75.8. The predicted octanol–water partition coefficient (Wildman–Crippen LogP) is 5.24. The van der Waals surface area contributed by atoms with Crippen molar-refractivity contribution in [3.05, 3.63) is 0 Å². The molecule has 0 aliphatic rings. The molecule has 1 unspecified atom stereocenters. The molecule has 1 atom stereocenters. The Hall–Kier alpha value is -0.0700. The summed E-state index contributed by atoms with van der Waals surface area (Å²) in [6, 6.07) is 0. The second-order valence-corrected chi connectivity index (χ2v) is 5.49. The largest absolute Gasteiger partial charge is 0.393 e. The smallest absolute Gasteiger partial charge is 0.179 e. The first-order chi connectivity index (χ1) is 7.92. The highest BCUT2D eigenvalue weighted by Gasteiger charge is 2.52. The van der Waals surface area contributed by atoms with E-state index < -0.39 is 30.1 Å². The molecule has 0 aromatic heterocycles. The van der Waals surface area contributed by atoms with Crippen LogP contribution in [-0.2, 0) is 0 Å². The van der Waals surface area contributed by atoms with Crippen LogP contribution in [0.25, 0.3) is 0 Å². The molecule has 0 aliphatic carbocycles. The molecular weight excluding hydrogens is 278 g/mol. The zero-order valence-corrected chi connectivity index (χ0v) is 11.2. The second-order valence-electron chi connectivity index (χ2n) is 5.04. The van der Waals surface area contributed by atoms with Gasteiger partial charge < -0.3 is 0 Å². The first-order valence-electron chi connectivity index (χ1n) is 5.66. The number of alkyl halides is 6. The zero-order chi connectivity index (χ0) is 14.6. The number of rotatable bonds is 6. The molecule has 0 aliphatic heterocycles. The summed E-state index contributed by atoms with van der Waals surface area (Å²) in [6.45, 7) is 1.62. The molecule has 0 rings (SSSR count). The van der Waals surface area contributed by atoms with Crippen LogP contribution in [0.4, 0.5) is 26.3 Å². The fourth-order valence-electron chi connectivity index (χ4n) is 1.62. The van der Waals surface area contributed by atoms with Crippen molar-refractivity contribution in [2.75, 3.05) is 5.75 Å². The molecule has 0 spiro atoms. The number of unbranched alkanes of at least 4 members (excludes halogenated alkanes) is 1. The van der Waals surface area contributed by atoms with Crippen LogP contribution in [0.3, 0.4) is 0 Å². The summed E-state index contributed by atoms with van der Waals surface area (Å²) in [4.78, 5) is 0. The van der Waals surface area contributed by atoms with Crippen molar-refractivity contribution in [3.63, 3.8) is 0 Å². The van der Waals surface area contributed by atoms with E-state index in [1.165, 1.54) is 0 Å². The second kappa shape index (κ2) is 6.39. The van der Waals surface area contributed by atoms with Crippen molar-refractivity contribution in [3.8, 4) is 0 Å². The van der Waals surface area contributed by atoms with E-state index in [-0.39, 0.29) is 12.8 Å². The minimum absolute atomic E-state index is 0.238. The fraction of sp³-hybridized carbons (Fsp3) is 1.00. The van der Waals surface area contributed by atoms with Gasteiger partial charge in [0.05, 0.1) is 11.3 Å². The van der Waals surface area contributed by atoms with Crippen LogP contribution >= 0.6 is 12.6 Å². The summed E-state index contributed by atoms with van der Waals surface area (Å²) in [5, 5.41) is 0. The number of hydrogen-bond acceptors (Lipinski definition) is 1. The summed E-state index contributed by atoms with van der Waals surface area (Å²) in [5.74, 6) is -1.47. The molecule has 0 aromatic carbocycles. The third-order valence-electron chi connectivity index (χ3n) is 2.95. The van der Waals surface area contributed by atoms with Gasteiger partial charge in [-0.2, -0.15) is 39.0 Å². The molecule has 0 N–H and O–H groups in total. The fourth-order valence-corrected chi connectivity index (χ4v) is 1.84. The molecule has 0 saturated heterocycles. The van der Waals surface area contributed by atoms with E-state index >= 15 is 0 Å². The van der Waals surface area contributed by atoms with Crippen LogP contribution in [0.5, 0.6) is 0 Å². The molecule has 0 bridgehead atoms. The van der Waals surface area contributed by atoms with Gasteiger partial charge >= 0.3 is 12.4 Å². The van der Waals surface area contributed by atoms with E-state index in [2.05, 4.69) is 12.6 Å². The lowest BCUT2D eigenvalue weighted by atomic mass is 9.80. The van der Waals surface area contributed by atoms with Crippen LogP contribution in [0.15, 0.2) is 0 Å². The molecule has 0 saturated carbocycles. The number of hydrogen-bond donors (Lipinski definition) is 1. The summed E-state index contributed by atoms with van der Waals surface area (Å²) in [7, 11) is 0. The molecule has 0 fully saturated rings. The minimum atomic E-state index is -4.62. The maximum absolute atomic E-state index is 12.7. The first kappa shape index (κ1) is 17.9. The van der Waals surface area contributed by atoms with Gasteiger partial charge in [-0.05, 0) is 25.0 Å². The van der Waals surface area contributed by atoms with Crippen molar-refractivity contribution < 1.29 is 26.3 Å². The third-order valence-corrected chi connectivity index (χ3v) is 3.26. The Morgan fingerprint density at radius 3 is 1.78 bits per heavy atom. The van der Waals surface area contributed by atoms with Gasteiger partial charge in [0.25, 0.3) is 0 Å². The Morgan fingerprint density at radius 2 is 1.44 bits per heavy atom. The van der Waals surface area contributed by atoms with Crippen molar-refractivity contribution in [1.29, 1.82) is 0 Å². The Kier molecular flexibility index (Phi) is 6.36. The maximum Gasteiger partial charge on any atom is 0.393 e. The predicted molar refractivity (Wildman–Crippen MR) is 61.7 cm³/mol. The summed E-state index contributed by atoms with van der Waals surface area (Å²) in [6.07, 6.45) is -9.70. The minimum Gasteiger partial charge on any atom is -0.179 e. The average molecular weight is 296 g/mol. The van der Waals surface area contributed by atoms with Crippen LogP contribution < -0.4 is 0 Å². The average Bonchev–Trinajstić information content (AvgIpc) is 2.13. The highest BCUT2D eigenvalue weighted by Crippen LogP contribution is 2.46. The van der Waals surface area contributed by atoms with Crippen LogP contribution in [0.1, 0.15) is 39.5 Å².